The summed E-state index contributed by atoms with van der Waals surface area (Å²) in [5.41, 5.74) is 9.18. The van der Waals surface area contributed by atoms with Gasteiger partial charge < -0.3 is 10.5 Å². The second-order valence-electron chi connectivity index (χ2n) is 3.61. The highest BCUT2D eigenvalue weighted by molar-refractivity contribution is 5.57. The molecule has 2 N–H and O–H groups in total. The lowest BCUT2D eigenvalue weighted by Gasteiger charge is -2.06. The summed E-state index contributed by atoms with van der Waals surface area (Å²) in [6.07, 6.45) is 2.44. The standard InChI is InChI=1S/C11H15NO/c1-3-8-6-9-7(2)10(12)4-5-11(9)13-8/h4-5,8H,3,6,12H2,1-2H3. The van der Waals surface area contributed by atoms with E-state index in [0.717, 1.165) is 24.3 Å². The first-order chi connectivity index (χ1) is 6.22. The molecule has 1 aromatic carbocycles. The van der Waals surface area contributed by atoms with Crippen LogP contribution in [0.25, 0.3) is 0 Å². The van der Waals surface area contributed by atoms with Crippen molar-refractivity contribution in [1.29, 1.82) is 0 Å². The molecule has 0 aromatic heterocycles. The first kappa shape index (κ1) is 8.42. The van der Waals surface area contributed by atoms with Crippen LogP contribution in [0.2, 0.25) is 0 Å². The summed E-state index contributed by atoms with van der Waals surface area (Å²) in [7, 11) is 0. The summed E-state index contributed by atoms with van der Waals surface area (Å²) in [6, 6.07) is 3.90. The van der Waals surface area contributed by atoms with Crippen molar-refractivity contribution in [2.24, 2.45) is 0 Å². The minimum atomic E-state index is 0.357. The van der Waals surface area contributed by atoms with Crippen molar-refractivity contribution in [3.63, 3.8) is 0 Å². The van der Waals surface area contributed by atoms with Crippen LogP contribution in [0.15, 0.2) is 12.1 Å². The molecule has 1 unspecified atom stereocenters. The van der Waals surface area contributed by atoms with Crippen LogP contribution in [0.5, 0.6) is 5.75 Å². The fourth-order valence-corrected chi connectivity index (χ4v) is 1.79. The van der Waals surface area contributed by atoms with Gasteiger partial charge in [-0.25, -0.2) is 0 Å². The number of fused-ring (bicyclic) bond motifs is 1. The SMILES string of the molecule is CCC1Cc2c(ccc(N)c2C)O1. The van der Waals surface area contributed by atoms with Crippen molar-refractivity contribution < 1.29 is 4.74 Å². The first-order valence-electron chi connectivity index (χ1n) is 4.77. The van der Waals surface area contributed by atoms with Crippen molar-refractivity contribution in [2.75, 3.05) is 5.73 Å². The molecule has 13 heavy (non-hydrogen) atoms. The molecule has 70 valence electrons. The largest absolute Gasteiger partial charge is 0.490 e. The molecule has 0 saturated heterocycles. The predicted octanol–water partition coefficient (Wildman–Crippen LogP) is 2.29. The van der Waals surface area contributed by atoms with Gasteiger partial charge in [-0.1, -0.05) is 6.92 Å². The maximum absolute atomic E-state index is 5.82. The molecule has 2 nitrogen and oxygen atoms in total. The third kappa shape index (κ3) is 1.26. The molecule has 0 radical (unpaired) electrons. The van der Waals surface area contributed by atoms with Crippen molar-refractivity contribution in [3.8, 4) is 5.75 Å². The van der Waals surface area contributed by atoms with Crippen LogP contribution in [0.3, 0.4) is 0 Å². The maximum Gasteiger partial charge on any atom is 0.123 e. The summed E-state index contributed by atoms with van der Waals surface area (Å²) in [5, 5.41) is 0. The molecular weight excluding hydrogens is 162 g/mol. The Morgan fingerprint density at radius 1 is 1.54 bits per heavy atom. The van der Waals surface area contributed by atoms with Gasteiger partial charge in [-0.2, -0.15) is 0 Å². The van der Waals surface area contributed by atoms with Gasteiger partial charge in [0.2, 0.25) is 0 Å². The Morgan fingerprint density at radius 2 is 2.31 bits per heavy atom. The van der Waals surface area contributed by atoms with Crippen LogP contribution < -0.4 is 10.5 Å². The highest BCUT2D eigenvalue weighted by Gasteiger charge is 2.23. The summed E-state index contributed by atoms with van der Waals surface area (Å²) >= 11 is 0. The van der Waals surface area contributed by atoms with E-state index in [9.17, 15) is 0 Å². The molecule has 1 aliphatic heterocycles. The van der Waals surface area contributed by atoms with E-state index in [4.69, 9.17) is 10.5 Å². The van der Waals surface area contributed by atoms with Gasteiger partial charge in [-0.15, -0.1) is 0 Å². The minimum Gasteiger partial charge on any atom is -0.490 e. The summed E-state index contributed by atoms with van der Waals surface area (Å²) < 4.78 is 5.74. The van der Waals surface area contributed by atoms with Gasteiger partial charge in [-0.3, -0.25) is 0 Å². The van der Waals surface area contributed by atoms with Crippen LogP contribution in [0.4, 0.5) is 5.69 Å². The minimum absolute atomic E-state index is 0.357. The van der Waals surface area contributed by atoms with Crippen molar-refractivity contribution in [2.45, 2.75) is 32.8 Å². The van der Waals surface area contributed by atoms with Crippen LogP contribution in [-0.4, -0.2) is 6.10 Å². The Hall–Kier alpha value is -1.18. The molecule has 1 aliphatic rings. The maximum atomic E-state index is 5.82. The van der Waals surface area contributed by atoms with Gasteiger partial charge >= 0.3 is 0 Å². The number of nitrogen functional groups attached to an aromatic ring is 1. The Labute approximate surface area is 78.7 Å². The fraction of sp³-hybridized carbons (Fsp3) is 0.455. The molecule has 2 heteroatoms. The zero-order chi connectivity index (χ0) is 9.42. The second-order valence-corrected chi connectivity index (χ2v) is 3.61. The normalized spacial score (nSPS) is 19.7. The number of ether oxygens (including phenoxy) is 1. The highest BCUT2D eigenvalue weighted by atomic mass is 16.5. The Kier molecular flexibility index (Phi) is 1.91. The summed E-state index contributed by atoms with van der Waals surface area (Å²) in [5.74, 6) is 1.03. The van der Waals surface area contributed by atoms with E-state index in [2.05, 4.69) is 13.8 Å². The van der Waals surface area contributed by atoms with Crippen LogP contribution in [0.1, 0.15) is 24.5 Å². The van der Waals surface area contributed by atoms with Crippen molar-refractivity contribution >= 4 is 5.69 Å². The van der Waals surface area contributed by atoms with E-state index in [1.165, 1.54) is 11.1 Å². The zero-order valence-corrected chi connectivity index (χ0v) is 8.13. The number of hydrogen-bond donors (Lipinski definition) is 1. The number of anilines is 1. The number of hydrogen-bond acceptors (Lipinski definition) is 2. The molecule has 0 spiro atoms. The third-order valence-electron chi connectivity index (χ3n) is 2.78. The molecule has 0 aliphatic carbocycles. The van der Waals surface area contributed by atoms with E-state index < -0.39 is 0 Å². The second kappa shape index (κ2) is 2.95. The first-order valence-corrected chi connectivity index (χ1v) is 4.77. The molecule has 1 heterocycles. The lowest BCUT2D eigenvalue weighted by molar-refractivity contribution is 0.228. The zero-order valence-electron chi connectivity index (χ0n) is 8.13. The molecule has 0 bridgehead atoms. The molecule has 1 aromatic rings. The van der Waals surface area contributed by atoms with E-state index in [1.54, 1.807) is 0 Å². The van der Waals surface area contributed by atoms with Crippen molar-refractivity contribution in [3.05, 3.63) is 23.3 Å². The third-order valence-corrected chi connectivity index (χ3v) is 2.78. The summed E-state index contributed by atoms with van der Waals surface area (Å²) in [4.78, 5) is 0. The topological polar surface area (TPSA) is 35.2 Å². The Morgan fingerprint density at radius 3 is 3.00 bits per heavy atom. The van der Waals surface area contributed by atoms with Gasteiger partial charge in [0.15, 0.2) is 0 Å². The van der Waals surface area contributed by atoms with E-state index in [1.807, 2.05) is 12.1 Å². The monoisotopic (exact) mass is 177 g/mol. The predicted molar refractivity (Wildman–Crippen MR) is 54.0 cm³/mol. The fourth-order valence-electron chi connectivity index (χ4n) is 1.79. The number of benzene rings is 1. The van der Waals surface area contributed by atoms with Gasteiger partial charge in [0.25, 0.3) is 0 Å². The molecular formula is C11H15NO. The van der Waals surface area contributed by atoms with Gasteiger partial charge in [0.1, 0.15) is 11.9 Å². The molecule has 0 saturated carbocycles. The molecule has 1 atom stereocenters. The lowest BCUT2D eigenvalue weighted by Crippen LogP contribution is -2.10. The van der Waals surface area contributed by atoms with Gasteiger partial charge in [0.05, 0.1) is 0 Å². The molecule has 2 rings (SSSR count). The van der Waals surface area contributed by atoms with Crippen molar-refractivity contribution in [1.82, 2.24) is 0 Å². The molecule has 0 amide bonds. The quantitative estimate of drug-likeness (QED) is 0.668. The smallest absolute Gasteiger partial charge is 0.123 e. The van der Waals surface area contributed by atoms with E-state index >= 15 is 0 Å². The van der Waals surface area contributed by atoms with E-state index in [0.29, 0.717) is 6.10 Å². The average molecular weight is 177 g/mol. The Bertz CT molecular complexity index is 333. The van der Waals surface area contributed by atoms with Crippen LogP contribution in [0, 0.1) is 6.92 Å². The molecule has 0 fully saturated rings. The highest BCUT2D eigenvalue weighted by Crippen LogP contribution is 2.34. The van der Waals surface area contributed by atoms with Crippen LogP contribution in [-0.2, 0) is 6.42 Å². The number of nitrogens with two attached hydrogens (primary N) is 1. The van der Waals surface area contributed by atoms with Gasteiger partial charge in [0, 0.05) is 17.7 Å². The van der Waals surface area contributed by atoms with Gasteiger partial charge in [-0.05, 0) is 31.0 Å². The van der Waals surface area contributed by atoms with Crippen LogP contribution >= 0.6 is 0 Å². The summed E-state index contributed by atoms with van der Waals surface area (Å²) in [6.45, 7) is 4.21. The Balaban J connectivity index is 2.40. The average Bonchev–Trinajstić information content (AvgIpc) is 2.55. The lowest BCUT2D eigenvalue weighted by atomic mass is 10.0. The van der Waals surface area contributed by atoms with E-state index in [-0.39, 0.29) is 0 Å². The number of rotatable bonds is 1.